The van der Waals surface area contributed by atoms with Crippen molar-refractivity contribution < 1.29 is 4.39 Å². The number of benzene rings is 1. The second kappa shape index (κ2) is 5.49. The van der Waals surface area contributed by atoms with Crippen molar-refractivity contribution in [3.8, 4) is 0 Å². The number of hydrogen-bond donors (Lipinski definition) is 1. The number of halogens is 1. The van der Waals surface area contributed by atoms with Crippen LogP contribution in [0.5, 0.6) is 0 Å². The van der Waals surface area contributed by atoms with Gasteiger partial charge in [0.25, 0.3) is 0 Å². The van der Waals surface area contributed by atoms with Gasteiger partial charge in [-0.2, -0.15) is 0 Å². The smallest absolute Gasteiger partial charge is 0.125 e. The lowest BCUT2D eigenvalue weighted by Gasteiger charge is -2.32. The molecular weight excluding hydrogens is 239 g/mol. The summed E-state index contributed by atoms with van der Waals surface area (Å²) in [6, 6.07) is 5.66. The van der Waals surface area contributed by atoms with Crippen molar-refractivity contribution in [3.63, 3.8) is 0 Å². The number of hydrogen-bond acceptors (Lipinski definition) is 2. The molecule has 1 aliphatic rings. The highest BCUT2D eigenvalue weighted by Gasteiger charge is 2.26. The molecule has 0 aliphatic carbocycles. The van der Waals surface area contributed by atoms with Crippen LogP contribution in [0, 0.1) is 11.2 Å². The Bertz CT molecular complexity index is 440. The lowest BCUT2D eigenvalue weighted by molar-refractivity contribution is 0.331. The SMILES string of the molecule is CC(C)NCC(C)(C)CN1CCc2ccc(F)cc21. The number of fused-ring (bicyclic) bond motifs is 1. The van der Waals surface area contributed by atoms with E-state index in [1.165, 1.54) is 5.56 Å². The highest BCUT2D eigenvalue weighted by molar-refractivity contribution is 5.58. The summed E-state index contributed by atoms with van der Waals surface area (Å²) in [7, 11) is 0. The second-order valence-corrected chi connectivity index (χ2v) is 6.64. The van der Waals surface area contributed by atoms with Crippen LogP contribution in [0.4, 0.5) is 10.1 Å². The third-order valence-electron chi connectivity index (χ3n) is 3.65. The number of anilines is 1. The van der Waals surface area contributed by atoms with Gasteiger partial charge in [0, 0.05) is 31.4 Å². The molecule has 2 nitrogen and oxygen atoms in total. The highest BCUT2D eigenvalue weighted by atomic mass is 19.1. The predicted molar refractivity (Wildman–Crippen MR) is 79.2 cm³/mol. The standard InChI is InChI=1S/C16H25FN2/c1-12(2)18-10-16(3,4)11-19-8-7-13-5-6-14(17)9-15(13)19/h5-6,9,12,18H,7-8,10-11H2,1-4H3. The fourth-order valence-electron chi connectivity index (χ4n) is 2.64. The average molecular weight is 264 g/mol. The molecule has 1 N–H and O–H groups in total. The molecular formula is C16H25FN2. The van der Waals surface area contributed by atoms with Gasteiger partial charge in [0.15, 0.2) is 0 Å². The maximum absolute atomic E-state index is 13.4. The van der Waals surface area contributed by atoms with E-state index in [9.17, 15) is 4.39 Å². The molecule has 0 atom stereocenters. The summed E-state index contributed by atoms with van der Waals surface area (Å²) in [5, 5.41) is 3.49. The molecule has 0 spiro atoms. The van der Waals surface area contributed by atoms with Gasteiger partial charge in [-0.1, -0.05) is 33.8 Å². The Morgan fingerprint density at radius 3 is 2.79 bits per heavy atom. The fraction of sp³-hybridized carbons (Fsp3) is 0.625. The lowest BCUT2D eigenvalue weighted by Crippen LogP contribution is -2.41. The molecule has 1 heterocycles. The van der Waals surface area contributed by atoms with Gasteiger partial charge in [-0.05, 0) is 29.5 Å². The molecule has 0 bridgehead atoms. The quantitative estimate of drug-likeness (QED) is 0.878. The molecule has 0 unspecified atom stereocenters. The summed E-state index contributed by atoms with van der Waals surface area (Å²) in [6.07, 6.45) is 1.03. The van der Waals surface area contributed by atoms with E-state index in [-0.39, 0.29) is 11.2 Å². The van der Waals surface area contributed by atoms with E-state index in [1.54, 1.807) is 12.1 Å². The number of rotatable bonds is 5. The van der Waals surface area contributed by atoms with Crippen LogP contribution in [0.3, 0.4) is 0 Å². The third-order valence-corrected chi connectivity index (χ3v) is 3.65. The van der Waals surface area contributed by atoms with Crippen LogP contribution in [-0.4, -0.2) is 25.7 Å². The summed E-state index contributed by atoms with van der Waals surface area (Å²) in [5.74, 6) is -0.135. The summed E-state index contributed by atoms with van der Waals surface area (Å²) >= 11 is 0. The van der Waals surface area contributed by atoms with Crippen molar-refractivity contribution in [1.29, 1.82) is 0 Å². The van der Waals surface area contributed by atoms with E-state index in [0.29, 0.717) is 6.04 Å². The Morgan fingerprint density at radius 1 is 1.37 bits per heavy atom. The van der Waals surface area contributed by atoms with Crippen LogP contribution >= 0.6 is 0 Å². The Morgan fingerprint density at radius 2 is 2.11 bits per heavy atom. The molecule has 0 aromatic heterocycles. The number of nitrogens with zero attached hydrogens (tertiary/aromatic N) is 1. The van der Waals surface area contributed by atoms with Gasteiger partial charge in [0.1, 0.15) is 5.82 Å². The normalized spacial score (nSPS) is 15.2. The second-order valence-electron chi connectivity index (χ2n) is 6.64. The molecule has 0 saturated heterocycles. The molecule has 1 aromatic carbocycles. The number of nitrogens with one attached hydrogen (secondary N) is 1. The zero-order chi connectivity index (χ0) is 14.0. The molecule has 0 amide bonds. The van der Waals surface area contributed by atoms with Crippen molar-refractivity contribution in [1.82, 2.24) is 5.32 Å². The fourth-order valence-corrected chi connectivity index (χ4v) is 2.64. The molecule has 106 valence electrons. The first kappa shape index (κ1) is 14.3. The zero-order valence-electron chi connectivity index (χ0n) is 12.5. The van der Waals surface area contributed by atoms with Crippen molar-refractivity contribution in [3.05, 3.63) is 29.6 Å². The van der Waals surface area contributed by atoms with E-state index < -0.39 is 0 Å². The first-order valence-corrected chi connectivity index (χ1v) is 7.14. The van der Waals surface area contributed by atoms with E-state index in [1.807, 2.05) is 6.07 Å². The van der Waals surface area contributed by atoms with Crippen molar-refractivity contribution in [2.45, 2.75) is 40.2 Å². The van der Waals surface area contributed by atoms with E-state index >= 15 is 0 Å². The summed E-state index contributed by atoms with van der Waals surface area (Å²) in [4.78, 5) is 2.32. The zero-order valence-corrected chi connectivity index (χ0v) is 12.5. The topological polar surface area (TPSA) is 15.3 Å². The van der Waals surface area contributed by atoms with Gasteiger partial charge in [-0.25, -0.2) is 4.39 Å². The van der Waals surface area contributed by atoms with Crippen molar-refractivity contribution >= 4 is 5.69 Å². The van der Waals surface area contributed by atoms with E-state index in [0.717, 1.165) is 31.7 Å². The Hall–Kier alpha value is -1.09. The monoisotopic (exact) mass is 264 g/mol. The molecule has 0 fully saturated rings. The molecule has 1 aliphatic heterocycles. The Kier molecular flexibility index (Phi) is 4.14. The van der Waals surface area contributed by atoms with Gasteiger partial charge in [-0.15, -0.1) is 0 Å². The highest BCUT2D eigenvalue weighted by Crippen LogP contribution is 2.31. The third kappa shape index (κ3) is 3.69. The minimum Gasteiger partial charge on any atom is -0.370 e. The van der Waals surface area contributed by atoms with Crippen molar-refractivity contribution in [2.75, 3.05) is 24.5 Å². The average Bonchev–Trinajstić information content (AvgIpc) is 2.69. The van der Waals surface area contributed by atoms with E-state index in [2.05, 4.69) is 37.9 Å². The molecule has 2 rings (SSSR count). The minimum atomic E-state index is -0.135. The largest absolute Gasteiger partial charge is 0.370 e. The predicted octanol–water partition coefficient (Wildman–Crippen LogP) is 3.21. The van der Waals surface area contributed by atoms with Gasteiger partial charge in [0.2, 0.25) is 0 Å². The first-order valence-electron chi connectivity index (χ1n) is 7.14. The maximum atomic E-state index is 13.4. The summed E-state index contributed by atoms with van der Waals surface area (Å²) < 4.78 is 13.4. The molecule has 0 saturated carbocycles. The van der Waals surface area contributed by atoms with Gasteiger partial charge >= 0.3 is 0 Å². The van der Waals surface area contributed by atoms with Gasteiger partial charge in [-0.3, -0.25) is 0 Å². The van der Waals surface area contributed by atoms with Crippen LogP contribution in [0.15, 0.2) is 18.2 Å². The van der Waals surface area contributed by atoms with Crippen LogP contribution in [0.1, 0.15) is 33.3 Å². The summed E-state index contributed by atoms with van der Waals surface area (Å²) in [5.41, 5.74) is 2.53. The van der Waals surface area contributed by atoms with Crippen LogP contribution in [0.25, 0.3) is 0 Å². The molecule has 3 heteroatoms. The van der Waals surface area contributed by atoms with E-state index in [4.69, 9.17) is 0 Å². The Balaban J connectivity index is 2.03. The van der Waals surface area contributed by atoms with Gasteiger partial charge < -0.3 is 10.2 Å². The molecule has 1 aromatic rings. The van der Waals surface area contributed by atoms with Crippen LogP contribution < -0.4 is 10.2 Å². The molecule has 0 radical (unpaired) electrons. The summed E-state index contributed by atoms with van der Waals surface area (Å²) in [6.45, 7) is 11.8. The van der Waals surface area contributed by atoms with Gasteiger partial charge in [0.05, 0.1) is 0 Å². The van der Waals surface area contributed by atoms with Crippen LogP contribution in [-0.2, 0) is 6.42 Å². The van der Waals surface area contributed by atoms with Crippen molar-refractivity contribution in [2.24, 2.45) is 5.41 Å². The van der Waals surface area contributed by atoms with Crippen LogP contribution in [0.2, 0.25) is 0 Å². The molecule has 19 heavy (non-hydrogen) atoms. The first-order chi connectivity index (χ1) is 8.87. The maximum Gasteiger partial charge on any atom is 0.125 e. The minimum absolute atomic E-state index is 0.135. The Labute approximate surface area is 116 Å². The lowest BCUT2D eigenvalue weighted by atomic mass is 9.92.